The molecule has 0 bridgehead atoms. The molecule has 1 aliphatic heterocycles. The van der Waals surface area contributed by atoms with E-state index in [1.54, 1.807) is 0 Å². The molecule has 2 aliphatic rings. The van der Waals surface area contributed by atoms with E-state index in [1.165, 1.54) is 0 Å². The average molecular weight is 183 g/mol. The molecular weight excluding hydrogens is 166 g/mol. The molecule has 0 aromatic carbocycles. The third-order valence-corrected chi connectivity index (χ3v) is 2.98. The lowest BCUT2D eigenvalue weighted by Crippen LogP contribution is -2.46. The molecule has 0 spiro atoms. The second-order valence-electron chi connectivity index (χ2n) is 4.00. The van der Waals surface area contributed by atoms with Crippen molar-refractivity contribution in [1.82, 2.24) is 4.90 Å². The van der Waals surface area contributed by atoms with Crippen LogP contribution in [0.2, 0.25) is 0 Å². The van der Waals surface area contributed by atoms with E-state index in [4.69, 9.17) is 4.74 Å². The van der Waals surface area contributed by atoms with Crippen LogP contribution in [0.15, 0.2) is 0 Å². The zero-order valence-corrected chi connectivity index (χ0v) is 8.16. The molecule has 3 heteroatoms. The summed E-state index contributed by atoms with van der Waals surface area (Å²) in [5, 5.41) is 0. The van der Waals surface area contributed by atoms with Gasteiger partial charge in [-0.25, -0.2) is 0 Å². The molecule has 1 atom stereocenters. The van der Waals surface area contributed by atoms with Crippen molar-refractivity contribution in [3.05, 3.63) is 0 Å². The highest BCUT2D eigenvalue weighted by molar-refractivity contribution is 5.87. The predicted molar refractivity (Wildman–Crippen MR) is 49.6 cm³/mol. The smallest absolute Gasteiger partial charge is 0.152 e. The van der Waals surface area contributed by atoms with Crippen molar-refractivity contribution in [2.45, 2.75) is 25.8 Å². The van der Waals surface area contributed by atoms with Crippen LogP contribution in [0.5, 0.6) is 0 Å². The monoisotopic (exact) mass is 183 g/mol. The van der Waals surface area contributed by atoms with Crippen molar-refractivity contribution in [2.24, 2.45) is 5.92 Å². The zero-order valence-electron chi connectivity index (χ0n) is 8.16. The van der Waals surface area contributed by atoms with Crippen LogP contribution in [0.1, 0.15) is 19.8 Å². The van der Waals surface area contributed by atoms with Crippen LogP contribution in [0.3, 0.4) is 0 Å². The minimum absolute atomic E-state index is 0.122. The first kappa shape index (κ1) is 9.16. The molecule has 13 heavy (non-hydrogen) atoms. The summed E-state index contributed by atoms with van der Waals surface area (Å²) >= 11 is 0. The van der Waals surface area contributed by atoms with Crippen molar-refractivity contribution in [3.8, 4) is 0 Å². The number of carbonyl (C=O) groups excluding carboxylic acids is 1. The van der Waals surface area contributed by atoms with Gasteiger partial charge in [0, 0.05) is 19.0 Å². The largest absolute Gasteiger partial charge is 0.379 e. The fraction of sp³-hybridized carbons (Fsp3) is 0.900. The minimum atomic E-state index is 0.122. The molecule has 1 saturated heterocycles. The number of nitrogens with zero attached hydrogens (tertiary/aromatic N) is 1. The summed E-state index contributed by atoms with van der Waals surface area (Å²) in [6.07, 6.45) is 2.24. The molecule has 2 fully saturated rings. The van der Waals surface area contributed by atoms with Crippen molar-refractivity contribution in [3.63, 3.8) is 0 Å². The number of morpholine rings is 1. The highest BCUT2D eigenvalue weighted by Gasteiger charge is 2.35. The average Bonchev–Trinajstić information content (AvgIpc) is 3.00. The summed E-state index contributed by atoms with van der Waals surface area (Å²) in [6, 6.07) is 0.122. The summed E-state index contributed by atoms with van der Waals surface area (Å²) in [5.41, 5.74) is 0. The van der Waals surface area contributed by atoms with E-state index in [1.807, 2.05) is 6.92 Å². The second-order valence-corrected chi connectivity index (χ2v) is 4.00. The predicted octanol–water partition coefficient (Wildman–Crippen LogP) is 0.686. The Morgan fingerprint density at radius 3 is 2.54 bits per heavy atom. The number of carbonyl (C=O) groups is 1. The maximum Gasteiger partial charge on any atom is 0.152 e. The minimum Gasteiger partial charge on any atom is -0.379 e. The van der Waals surface area contributed by atoms with E-state index < -0.39 is 0 Å². The number of hydrogen-bond donors (Lipinski definition) is 0. The van der Waals surface area contributed by atoms with Crippen molar-refractivity contribution < 1.29 is 9.53 Å². The number of ketones is 1. The number of hydrogen-bond acceptors (Lipinski definition) is 3. The van der Waals surface area contributed by atoms with Crippen LogP contribution in [0.4, 0.5) is 0 Å². The molecule has 0 amide bonds. The highest BCUT2D eigenvalue weighted by Crippen LogP contribution is 2.31. The molecule has 74 valence electrons. The second kappa shape index (κ2) is 3.76. The summed E-state index contributed by atoms with van der Waals surface area (Å²) < 4.78 is 5.25. The Balaban J connectivity index is 1.86. The van der Waals surface area contributed by atoms with Gasteiger partial charge in [0.25, 0.3) is 0 Å². The molecular formula is C10H17NO2. The molecule has 1 saturated carbocycles. The molecule has 0 N–H and O–H groups in total. The van der Waals surface area contributed by atoms with E-state index in [9.17, 15) is 4.79 Å². The van der Waals surface area contributed by atoms with Gasteiger partial charge in [-0.3, -0.25) is 9.69 Å². The van der Waals surface area contributed by atoms with Gasteiger partial charge in [0.15, 0.2) is 5.78 Å². The Morgan fingerprint density at radius 2 is 2.00 bits per heavy atom. The van der Waals surface area contributed by atoms with Gasteiger partial charge >= 0.3 is 0 Å². The first-order valence-corrected chi connectivity index (χ1v) is 5.14. The van der Waals surface area contributed by atoms with E-state index in [0.29, 0.717) is 11.7 Å². The van der Waals surface area contributed by atoms with Gasteiger partial charge in [0.2, 0.25) is 0 Å². The van der Waals surface area contributed by atoms with Gasteiger partial charge in [0.05, 0.1) is 19.3 Å². The third-order valence-electron chi connectivity index (χ3n) is 2.98. The molecule has 0 aromatic rings. The van der Waals surface area contributed by atoms with Gasteiger partial charge in [0.1, 0.15) is 0 Å². The SMILES string of the molecule is C[C@H](C(=O)C1CC1)N1CCOCC1. The molecule has 1 aliphatic carbocycles. The van der Waals surface area contributed by atoms with Crippen LogP contribution >= 0.6 is 0 Å². The lowest BCUT2D eigenvalue weighted by Gasteiger charge is -2.31. The van der Waals surface area contributed by atoms with E-state index in [2.05, 4.69) is 4.90 Å². The lowest BCUT2D eigenvalue weighted by atomic mass is 10.1. The normalized spacial score (nSPS) is 27.2. The summed E-state index contributed by atoms with van der Waals surface area (Å²) in [6.45, 7) is 5.43. The Kier molecular flexibility index (Phi) is 2.65. The Morgan fingerprint density at radius 1 is 1.38 bits per heavy atom. The van der Waals surface area contributed by atoms with Crippen molar-refractivity contribution >= 4 is 5.78 Å². The molecule has 2 rings (SSSR count). The highest BCUT2D eigenvalue weighted by atomic mass is 16.5. The van der Waals surface area contributed by atoms with E-state index >= 15 is 0 Å². The maximum atomic E-state index is 11.7. The zero-order chi connectivity index (χ0) is 9.26. The van der Waals surface area contributed by atoms with Gasteiger partial charge in [-0.2, -0.15) is 0 Å². The van der Waals surface area contributed by atoms with Crippen molar-refractivity contribution in [2.75, 3.05) is 26.3 Å². The van der Waals surface area contributed by atoms with Crippen LogP contribution in [0, 0.1) is 5.92 Å². The van der Waals surface area contributed by atoms with Crippen molar-refractivity contribution in [1.29, 1.82) is 0 Å². The van der Waals surface area contributed by atoms with Gasteiger partial charge in [-0.05, 0) is 19.8 Å². The third kappa shape index (κ3) is 2.09. The first-order valence-electron chi connectivity index (χ1n) is 5.14. The van der Waals surface area contributed by atoms with Gasteiger partial charge in [-0.1, -0.05) is 0 Å². The van der Waals surface area contributed by atoms with Crippen LogP contribution in [-0.4, -0.2) is 43.0 Å². The molecule has 1 heterocycles. The lowest BCUT2D eigenvalue weighted by molar-refractivity contribution is -0.126. The molecule has 0 aromatic heterocycles. The van der Waals surface area contributed by atoms with E-state index in [0.717, 1.165) is 39.1 Å². The number of rotatable bonds is 3. The van der Waals surface area contributed by atoms with Crippen LogP contribution < -0.4 is 0 Å². The number of Topliss-reactive ketones (excluding diaryl/α,β-unsaturated/α-hetero) is 1. The Labute approximate surface area is 79.0 Å². The fourth-order valence-corrected chi connectivity index (χ4v) is 1.85. The summed E-state index contributed by atoms with van der Waals surface area (Å²) in [7, 11) is 0. The summed E-state index contributed by atoms with van der Waals surface area (Å²) in [4.78, 5) is 14.0. The maximum absolute atomic E-state index is 11.7. The van der Waals surface area contributed by atoms with Gasteiger partial charge < -0.3 is 4.74 Å². The first-order chi connectivity index (χ1) is 6.29. The Hall–Kier alpha value is -0.410. The quantitative estimate of drug-likeness (QED) is 0.644. The molecule has 0 radical (unpaired) electrons. The molecule has 3 nitrogen and oxygen atoms in total. The number of ether oxygens (including phenoxy) is 1. The molecule has 0 unspecified atom stereocenters. The van der Waals surface area contributed by atoms with Gasteiger partial charge in [-0.15, -0.1) is 0 Å². The van der Waals surface area contributed by atoms with Crippen LogP contribution in [0.25, 0.3) is 0 Å². The standard InChI is InChI=1S/C10H17NO2/c1-8(10(12)9-2-3-9)11-4-6-13-7-5-11/h8-9H,2-7H2,1H3/t8-/m1/s1. The van der Waals surface area contributed by atoms with E-state index in [-0.39, 0.29) is 6.04 Å². The fourth-order valence-electron chi connectivity index (χ4n) is 1.85. The van der Waals surface area contributed by atoms with Crippen LogP contribution in [-0.2, 0) is 9.53 Å². The summed E-state index contributed by atoms with van der Waals surface area (Å²) in [5.74, 6) is 0.833. The topological polar surface area (TPSA) is 29.5 Å². The Bertz CT molecular complexity index is 195.